The highest BCUT2D eigenvalue weighted by Gasteiger charge is 2.42. The molecule has 2 nitrogen and oxygen atoms in total. The predicted octanol–water partition coefficient (Wildman–Crippen LogP) is 2.59. The van der Waals surface area contributed by atoms with E-state index in [9.17, 15) is 5.11 Å². The predicted molar refractivity (Wildman–Crippen MR) is 60.7 cm³/mol. The van der Waals surface area contributed by atoms with Crippen molar-refractivity contribution in [2.45, 2.75) is 31.0 Å². The van der Waals surface area contributed by atoms with E-state index in [1.165, 1.54) is 4.88 Å². The summed E-state index contributed by atoms with van der Waals surface area (Å²) < 4.78 is 6.26. The maximum absolute atomic E-state index is 10.1. The number of hydrogen-bond acceptors (Lipinski definition) is 3. The molecule has 78 valence electrons. The van der Waals surface area contributed by atoms with E-state index in [2.05, 4.69) is 22.0 Å². The van der Waals surface area contributed by atoms with Gasteiger partial charge in [-0.25, -0.2) is 0 Å². The van der Waals surface area contributed by atoms with Gasteiger partial charge in [0.05, 0.1) is 11.7 Å². The molecule has 2 rings (SSSR count). The summed E-state index contributed by atoms with van der Waals surface area (Å²) in [5, 5.41) is 12.1. The average Bonchev–Trinajstić information content (AvgIpc) is 2.46. The highest BCUT2D eigenvalue weighted by atomic mass is 79.9. The van der Waals surface area contributed by atoms with Crippen LogP contribution in [0.15, 0.2) is 15.9 Å². The lowest BCUT2D eigenvalue weighted by molar-refractivity contribution is -0.126. The van der Waals surface area contributed by atoms with Crippen LogP contribution >= 0.6 is 27.3 Å². The van der Waals surface area contributed by atoms with Crippen LogP contribution in [-0.2, 0) is 11.2 Å². The van der Waals surface area contributed by atoms with Gasteiger partial charge in [0.15, 0.2) is 0 Å². The summed E-state index contributed by atoms with van der Waals surface area (Å²) in [4.78, 5) is 1.23. The van der Waals surface area contributed by atoms with Gasteiger partial charge in [0.2, 0.25) is 0 Å². The first-order valence-corrected chi connectivity index (χ1v) is 6.27. The minimum atomic E-state index is -0.523. The first-order valence-electron chi connectivity index (χ1n) is 4.59. The zero-order valence-corrected chi connectivity index (χ0v) is 10.4. The Morgan fingerprint density at radius 1 is 1.71 bits per heavy atom. The Bertz CT molecular complexity index is 318. The maximum Gasteiger partial charge on any atom is 0.0745 e. The molecule has 1 saturated carbocycles. The van der Waals surface area contributed by atoms with E-state index in [1.54, 1.807) is 18.4 Å². The summed E-state index contributed by atoms with van der Waals surface area (Å²) in [6, 6.07) is 2.07. The molecule has 0 aromatic carbocycles. The summed E-state index contributed by atoms with van der Waals surface area (Å²) in [6.45, 7) is 0. The molecule has 0 aliphatic heterocycles. The lowest BCUT2D eigenvalue weighted by atomic mass is 9.75. The molecular formula is C10H13BrO2S. The topological polar surface area (TPSA) is 29.5 Å². The van der Waals surface area contributed by atoms with Gasteiger partial charge in [0, 0.05) is 41.1 Å². The van der Waals surface area contributed by atoms with E-state index in [0.717, 1.165) is 23.7 Å². The molecule has 1 fully saturated rings. The number of ether oxygens (including phenoxy) is 1. The normalized spacial score (nSPS) is 31.5. The number of methoxy groups -OCH3 is 1. The Morgan fingerprint density at radius 2 is 2.43 bits per heavy atom. The highest BCUT2D eigenvalue weighted by Crippen LogP contribution is 2.38. The van der Waals surface area contributed by atoms with Crippen LogP contribution in [0.3, 0.4) is 0 Å². The summed E-state index contributed by atoms with van der Waals surface area (Å²) in [5.41, 5.74) is -0.523. The molecular weight excluding hydrogens is 264 g/mol. The van der Waals surface area contributed by atoms with Gasteiger partial charge < -0.3 is 9.84 Å². The quantitative estimate of drug-likeness (QED) is 0.920. The molecule has 4 heteroatoms. The van der Waals surface area contributed by atoms with E-state index in [-0.39, 0.29) is 6.10 Å². The average molecular weight is 277 g/mol. The third-order valence-electron chi connectivity index (χ3n) is 2.67. The molecule has 0 atom stereocenters. The zero-order valence-electron chi connectivity index (χ0n) is 8.00. The van der Waals surface area contributed by atoms with Gasteiger partial charge in [0.25, 0.3) is 0 Å². The standard InChI is InChI=1S/C10H13BrO2S/c1-13-8-3-10(12,4-8)5-9-2-7(11)6-14-9/h2,6,8,12H,3-5H2,1H3. The third-order valence-corrected chi connectivity index (χ3v) is 4.37. The van der Waals surface area contributed by atoms with Crippen molar-refractivity contribution in [1.82, 2.24) is 0 Å². The maximum atomic E-state index is 10.1. The Morgan fingerprint density at radius 3 is 2.93 bits per heavy atom. The molecule has 1 aliphatic rings. The van der Waals surface area contributed by atoms with E-state index in [1.807, 2.05) is 5.38 Å². The molecule has 1 aliphatic carbocycles. The van der Waals surface area contributed by atoms with Crippen molar-refractivity contribution in [3.05, 3.63) is 20.8 Å². The molecule has 1 N–H and O–H groups in total. The second kappa shape index (κ2) is 3.93. The van der Waals surface area contributed by atoms with Crippen LogP contribution in [-0.4, -0.2) is 23.9 Å². The molecule has 0 spiro atoms. The number of rotatable bonds is 3. The van der Waals surface area contributed by atoms with Crippen molar-refractivity contribution in [3.63, 3.8) is 0 Å². The van der Waals surface area contributed by atoms with E-state index in [4.69, 9.17) is 4.74 Å². The van der Waals surface area contributed by atoms with Gasteiger partial charge in [-0.15, -0.1) is 11.3 Å². The number of aliphatic hydroxyl groups is 1. The van der Waals surface area contributed by atoms with Crippen LogP contribution in [0, 0.1) is 0 Å². The second-order valence-corrected chi connectivity index (χ2v) is 5.81. The first kappa shape index (κ1) is 10.6. The Labute approximate surface area is 96.0 Å². The second-order valence-electron chi connectivity index (χ2n) is 3.90. The lowest BCUT2D eigenvalue weighted by Gasteiger charge is -2.42. The van der Waals surface area contributed by atoms with Crippen molar-refractivity contribution in [2.75, 3.05) is 7.11 Å². The minimum absolute atomic E-state index is 0.253. The van der Waals surface area contributed by atoms with Gasteiger partial charge in [-0.3, -0.25) is 0 Å². The minimum Gasteiger partial charge on any atom is -0.389 e. The molecule has 0 unspecified atom stereocenters. The Kier molecular flexibility index (Phi) is 2.98. The summed E-state index contributed by atoms with van der Waals surface area (Å²) >= 11 is 5.10. The van der Waals surface area contributed by atoms with Gasteiger partial charge in [-0.1, -0.05) is 0 Å². The van der Waals surface area contributed by atoms with Crippen LogP contribution in [0.1, 0.15) is 17.7 Å². The fourth-order valence-electron chi connectivity index (χ4n) is 1.87. The van der Waals surface area contributed by atoms with Crippen LogP contribution in [0.25, 0.3) is 0 Å². The Balaban J connectivity index is 1.93. The molecule has 0 amide bonds. The van der Waals surface area contributed by atoms with E-state index >= 15 is 0 Å². The van der Waals surface area contributed by atoms with Crippen molar-refractivity contribution < 1.29 is 9.84 Å². The first-order chi connectivity index (χ1) is 6.61. The fraction of sp³-hybridized carbons (Fsp3) is 0.600. The summed E-state index contributed by atoms with van der Waals surface area (Å²) in [5.74, 6) is 0. The number of halogens is 1. The van der Waals surface area contributed by atoms with Gasteiger partial charge in [0.1, 0.15) is 0 Å². The number of hydrogen-bond donors (Lipinski definition) is 1. The molecule has 1 aromatic rings. The molecule has 1 aromatic heterocycles. The molecule has 0 bridgehead atoms. The van der Waals surface area contributed by atoms with Crippen LogP contribution in [0.5, 0.6) is 0 Å². The molecule has 1 heterocycles. The zero-order chi connectivity index (χ0) is 10.2. The van der Waals surface area contributed by atoms with Crippen LogP contribution < -0.4 is 0 Å². The number of thiophene rings is 1. The summed E-state index contributed by atoms with van der Waals surface area (Å²) in [7, 11) is 1.70. The van der Waals surface area contributed by atoms with Crippen LogP contribution in [0.4, 0.5) is 0 Å². The largest absolute Gasteiger partial charge is 0.389 e. The van der Waals surface area contributed by atoms with Crippen molar-refractivity contribution in [1.29, 1.82) is 0 Å². The summed E-state index contributed by atoms with van der Waals surface area (Å²) in [6.07, 6.45) is 2.53. The van der Waals surface area contributed by atoms with E-state index < -0.39 is 5.60 Å². The smallest absolute Gasteiger partial charge is 0.0745 e. The van der Waals surface area contributed by atoms with Gasteiger partial charge in [-0.2, -0.15) is 0 Å². The lowest BCUT2D eigenvalue weighted by Crippen LogP contribution is -2.49. The molecule has 0 radical (unpaired) electrons. The molecule has 14 heavy (non-hydrogen) atoms. The fourth-order valence-corrected chi connectivity index (χ4v) is 3.46. The highest BCUT2D eigenvalue weighted by molar-refractivity contribution is 9.10. The Hall–Kier alpha value is 0.1000. The van der Waals surface area contributed by atoms with Crippen molar-refractivity contribution in [2.24, 2.45) is 0 Å². The van der Waals surface area contributed by atoms with Crippen molar-refractivity contribution >= 4 is 27.3 Å². The van der Waals surface area contributed by atoms with Crippen molar-refractivity contribution in [3.8, 4) is 0 Å². The van der Waals surface area contributed by atoms with Crippen LogP contribution in [0.2, 0.25) is 0 Å². The monoisotopic (exact) mass is 276 g/mol. The van der Waals surface area contributed by atoms with E-state index in [0.29, 0.717) is 0 Å². The third kappa shape index (κ3) is 2.19. The van der Waals surface area contributed by atoms with Gasteiger partial charge >= 0.3 is 0 Å². The SMILES string of the molecule is COC1CC(O)(Cc2cc(Br)cs2)C1. The van der Waals surface area contributed by atoms with Gasteiger partial charge in [-0.05, 0) is 22.0 Å². The molecule has 0 saturated heterocycles.